The van der Waals surface area contributed by atoms with Crippen molar-refractivity contribution in [2.45, 2.75) is 6.92 Å². The summed E-state index contributed by atoms with van der Waals surface area (Å²) in [7, 11) is 0. The minimum atomic E-state index is 0.828. The van der Waals surface area contributed by atoms with E-state index in [9.17, 15) is 0 Å². The molecule has 0 fully saturated rings. The van der Waals surface area contributed by atoms with Crippen molar-refractivity contribution >= 4 is 39.2 Å². The summed E-state index contributed by atoms with van der Waals surface area (Å²) in [6.07, 6.45) is 1.79. The Morgan fingerprint density at radius 2 is 2.23 bits per heavy atom. The van der Waals surface area contributed by atoms with Crippen molar-refractivity contribution < 1.29 is 0 Å². The quantitative estimate of drug-likeness (QED) is 0.596. The van der Waals surface area contributed by atoms with E-state index in [-0.39, 0.29) is 0 Å². The summed E-state index contributed by atoms with van der Waals surface area (Å²) < 4.78 is 1.09. The molecule has 66 valence electrons. The number of pyridine rings is 1. The molecule has 1 aromatic heterocycles. The van der Waals surface area contributed by atoms with E-state index in [2.05, 4.69) is 40.6 Å². The number of nitrogens with zero attached hydrogens (tertiary/aromatic N) is 1. The highest BCUT2D eigenvalue weighted by atomic mass is 127. The SMILES string of the molecule is Cc1cc(I)c(N)c2cccnc12. The lowest BCUT2D eigenvalue weighted by molar-refractivity contribution is 1.36. The number of aromatic nitrogens is 1. The fourth-order valence-corrected chi connectivity index (χ4v) is 2.16. The Bertz CT molecular complexity index is 466. The van der Waals surface area contributed by atoms with Crippen LogP contribution in [0.2, 0.25) is 0 Å². The van der Waals surface area contributed by atoms with Gasteiger partial charge in [0.25, 0.3) is 0 Å². The third-order valence-corrected chi connectivity index (χ3v) is 2.96. The van der Waals surface area contributed by atoms with Gasteiger partial charge in [0, 0.05) is 15.2 Å². The van der Waals surface area contributed by atoms with E-state index in [1.807, 2.05) is 12.1 Å². The van der Waals surface area contributed by atoms with Crippen LogP contribution in [0.4, 0.5) is 5.69 Å². The number of hydrogen-bond acceptors (Lipinski definition) is 2. The number of benzene rings is 1. The van der Waals surface area contributed by atoms with Gasteiger partial charge in [-0.15, -0.1) is 0 Å². The molecule has 0 radical (unpaired) electrons. The predicted molar refractivity (Wildman–Crippen MR) is 63.6 cm³/mol. The van der Waals surface area contributed by atoms with Gasteiger partial charge in [0.05, 0.1) is 11.2 Å². The lowest BCUT2D eigenvalue weighted by atomic mass is 10.1. The molecule has 1 heterocycles. The minimum Gasteiger partial charge on any atom is -0.397 e. The molecule has 2 aromatic rings. The summed E-state index contributed by atoms with van der Waals surface area (Å²) in [6, 6.07) is 5.98. The van der Waals surface area contributed by atoms with Crippen molar-refractivity contribution in [1.29, 1.82) is 0 Å². The summed E-state index contributed by atoms with van der Waals surface area (Å²) in [6.45, 7) is 2.05. The molecule has 0 saturated carbocycles. The van der Waals surface area contributed by atoms with Crippen molar-refractivity contribution in [3.05, 3.63) is 33.5 Å². The second kappa shape index (κ2) is 3.14. The molecule has 0 aliphatic heterocycles. The topological polar surface area (TPSA) is 38.9 Å². The monoisotopic (exact) mass is 284 g/mol. The van der Waals surface area contributed by atoms with Gasteiger partial charge in [-0.1, -0.05) is 0 Å². The number of anilines is 1. The zero-order valence-corrected chi connectivity index (χ0v) is 9.37. The van der Waals surface area contributed by atoms with Crippen LogP contribution in [0.25, 0.3) is 10.9 Å². The van der Waals surface area contributed by atoms with Gasteiger partial charge in [-0.25, -0.2) is 0 Å². The van der Waals surface area contributed by atoms with Gasteiger partial charge >= 0.3 is 0 Å². The summed E-state index contributed by atoms with van der Waals surface area (Å²) >= 11 is 2.25. The first kappa shape index (κ1) is 8.74. The van der Waals surface area contributed by atoms with Gasteiger partial charge in [-0.3, -0.25) is 4.98 Å². The van der Waals surface area contributed by atoms with Crippen molar-refractivity contribution in [2.24, 2.45) is 0 Å². The Hall–Kier alpha value is -0.840. The number of halogens is 1. The number of nitrogens with two attached hydrogens (primary N) is 1. The molecule has 0 atom stereocenters. The van der Waals surface area contributed by atoms with Crippen molar-refractivity contribution in [2.75, 3.05) is 5.73 Å². The Morgan fingerprint density at radius 3 is 3.00 bits per heavy atom. The maximum absolute atomic E-state index is 5.94. The lowest BCUT2D eigenvalue weighted by Crippen LogP contribution is -1.94. The number of fused-ring (bicyclic) bond motifs is 1. The molecule has 0 saturated heterocycles. The first-order valence-electron chi connectivity index (χ1n) is 3.99. The van der Waals surface area contributed by atoms with Gasteiger partial charge in [-0.2, -0.15) is 0 Å². The molecule has 2 rings (SSSR count). The molecule has 0 spiro atoms. The number of hydrogen-bond donors (Lipinski definition) is 1. The summed E-state index contributed by atoms with van der Waals surface area (Å²) in [5.74, 6) is 0. The summed E-state index contributed by atoms with van der Waals surface area (Å²) in [4.78, 5) is 4.30. The molecule has 0 aliphatic carbocycles. The van der Waals surface area contributed by atoms with Crippen LogP contribution in [0, 0.1) is 10.5 Å². The van der Waals surface area contributed by atoms with E-state index >= 15 is 0 Å². The van der Waals surface area contributed by atoms with E-state index < -0.39 is 0 Å². The molecule has 0 unspecified atom stereocenters. The highest BCUT2D eigenvalue weighted by Gasteiger charge is 2.05. The van der Waals surface area contributed by atoms with E-state index in [4.69, 9.17) is 5.73 Å². The maximum Gasteiger partial charge on any atom is 0.0752 e. The number of rotatable bonds is 0. The Kier molecular flexibility index (Phi) is 2.11. The second-order valence-corrected chi connectivity index (χ2v) is 4.15. The number of aryl methyl sites for hydroxylation is 1. The maximum atomic E-state index is 5.94. The van der Waals surface area contributed by atoms with Gasteiger partial charge in [0.15, 0.2) is 0 Å². The van der Waals surface area contributed by atoms with Crippen molar-refractivity contribution in [3.63, 3.8) is 0 Å². The van der Waals surface area contributed by atoms with Crippen LogP contribution in [0.1, 0.15) is 5.56 Å². The zero-order valence-electron chi connectivity index (χ0n) is 7.21. The van der Waals surface area contributed by atoms with E-state index in [0.717, 1.165) is 20.2 Å². The van der Waals surface area contributed by atoms with Crippen LogP contribution >= 0.6 is 22.6 Å². The van der Waals surface area contributed by atoms with E-state index in [1.165, 1.54) is 5.56 Å². The van der Waals surface area contributed by atoms with E-state index in [1.54, 1.807) is 6.20 Å². The molecule has 3 heteroatoms. The third kappa shape index (κ3) is 1.37. The first-order valence-corrected chi connectivity index (χ1v) is 5.07. The summed E-state index contributed by atoms with van der Waals surface area (Å²) in [5.41, 5.74) is 8.94. The molecular weight excluding hydrogens is 275 g/mol. The molecular formula is C10H9IN2. The third-order valence-electron chi connectivity index (χ3n) is 2.07. The van der Waals surface area contributed by atoms with Crippen LogP contribution in [0.5, 0.6) is 0 Å². The van der Waals surface area contributed by atoms with Gasteiger partial charge < -0.3 is 5.73 Å². The van der Waals surface area contributed by atoms with Gasteiger partial charge in [0.1, 0.15) is 0 Å². The Morgan fingerprint density at radius 1 is 1.46 bits per heavy atom. The van der Waals surface area contributed by atoms with Crippen LogP contribution in [0.15, 0.2) is 24.4 Å². The Balaban J connectivity index is 2.97. The molecule has 2 nitrogen and oxygen atoms in total. The van der Waals surface area contributed by atoms with Crippen LogP contribution in [0.3, 0.4) is 0 Å². The molecule has 0 amide bonds. The molecule has 2 N–H and O–H groups in total. The van der Waals surface area contributed by atoms with Gasteiger partial charge in [0.2, 0.25) is 0 Å². The van der Waals surface area contributed by atoms with E-state index in [0.29, 0.717) is 0 Å². The van der Waals surface area contributed by atoms with Crippen LogP contribution in [-0.4, -0.2) is 4.98 Å². The average Bonchev–Trinajstić information content (AvgIpc) is 2.15. The summed E-state index contributed by atoms with van der Waals surface area (Å²) in [5, 5.41) is 1.05. The zero-order chi connectivity index (χ0) is 9.42. The molecule has 0 bridgehead atoms. The first-order chi connectivity index (χ1) is 6.20. The standard InChI is InChI=1S/C10H9IN2/c1-6-5-8(11)9(12)7-3-2-4-13-10(6)7/h2-5H,12H2,1H3. The largest absolute Gasteiger partial charge is 0.397 e. The average molecular weight is 284 g/mol. The number of nitrogen functional groups attached to an aromatic ring is 1. The van der Waals surface area contributed by atoms with Gasteiger partial charge in [-0.05, 0) is 53.3 Å². The highest BCUT2D eigenvalue weighted by Crippen LogP contribution is 2.27. The minimum absolute atomic E-state index is 0.828. The second-order valence-electron chi connectivity index (χ2n) is 2.99. The fraction of sp³-hybridized carbons (Fsp3) is 0.100. The predicted octanol–water partition coefficient (Wildman–Crippen LogP) is 2.73. The Labute approximate surface area is 90.3 Å². The van der Waals surface area contributed by atoms with Crippen LogP contribution < -0.4 is 5.73 Å². The highest BCUT2D eigenvalue weighted by molar-refractivity contribution is 14.1. The van der Waals surface area contributed by atoms with Crippen molar-refractivity contribution in [1.82, 2.24) is 4.98 Å². The van der Waals surface area contributed by atoms with Crippen LogP contribution in [-0.2, 0) is 0 Å². The molecule has 0 aliphatic rings. The molecule has 1 aromatic carbocycles. The molecule has 13 heavy (non-hydrogen) atoms. The fourth-order valence-electron chi connectivity index (χ4n) is 1.40. The lowest BCUT2D eigenvalue weighted by Gasteiger charge is -2.06. The van der Waals surface area contributed by atoms with Crippen molar-refractivity contribution in [3.8, 4) is 0 Å². The smallest absolute Gasteiger partial charge is 0.0752 e. The normalized spacial score (nSPS) is 10.6.